The molecule has 2 aromatic rings. The van der Waals surface area contributed by atoms with Crippen LogP contribution in [0.5, 0.6) is 5.75 Å². The first-order valence-electron chi connectivity index (χ1n) is 9.41. The van der Waals surface area contributed by atoms with Crippen LogP contribution in [0.2, 0.25) is 0 Å². The summed E-state index contributed by atoms with van der Waals surface area (Å²) in [4.78, 5) is 17.0. The fraction of sp³-hybridized carbons (Fsp3) is 0.409. The molecule has 0 N–H and O–H groups in total. The number of aryl methyl sites for hydroxylation is 1. The van der Waals surface area contributed by atoms with E-state index in [2.05, 4.69) is 36.1 Å². The Kier molecular flexibility index (Phi) is 6.29. The molecule has 1 fully saturated rings. The summed E-state index contributed by atoms with van der Waals surface area (Å²) in [5, 5.41) is 0. The van der Waals surface area contributed by atoms with Gasteiger partial charge in [-0.2, -0.15) is 0 Å². The average Bonchev–Trinajstić information content (AvgIpc) is 2.66. The Hall–Kier alpha value is -2.33. The second-order valence-electron chi connectivity index (χ2n) is 6.90. The van der Waals surface area contributed by atoms with Gasteiger partial charge in [-0.1, -0.05) is 42.0 Å². The van der Waals surface area contributed by atoms with E-state index in [9.17, 15) is 4.79 Å². The highest BCUT2D eigenvalue weighted by Gasteiger charge is 2.21. The Balaban J connectivity index is 1.46. The molecule has 0 spiro atoms. The predicted octanol–water partition coefficient (Wildman–Crippen LogP) is 3.28. The fourth-order valence-electron chi connectivity index (χ4n) is 3.26. The molecule has 0 unspecified atom stereocenters. The van der Waals surface area contributed by atoms with Crippen LogP contribution in [0.3, 0.4) is 0 Å². The van der Waals surface area contributed by atoms with Crippen molar-refractivity contribution in [3.05, 3.63) is 65.2 Å². The van der Waals surface area contributed by atoms with Crippen molar-refractivity contribution in [2.24, 2.45) is 0 Å². The maximum absolute atomic E-state index is 12.6. The summed E-state index contributed by atoms with van der Waals surface area (Å²) in [6.45, 7) is 9.18. The molecule has 1 aliphatic rings. The zero-order valence-electron chi connectivity index (χ0n) is 15.8. The molecule has 3 rings (SSSR count). The van der Waals surface area contributed by atoms with Crippen LogP contribution in [-0.4, -0.2) is 48.5 Å². The first-order chi connectivity index (χ1) is 12.6. The molecule has 0 bridgehead atoms. The normalized spacial score (nSPS) is 15.1. The van der Waals surface area contributed by atoms with Gasteiger partial charge in [-0.05, 0) is 37.1 Å². The Morgan fingerprint density at radius 3 is 2.15 bits per heavy atom. The molecule has 1 heterocycles. The summed E-state index contributed by atoms with van der Waals surface area (Å²) >= 11 is 0. The third-order valence-corrected chi connectivity index (χ3v) is 4.84. The molecule has 0 atom stereocenters. The van der Waals surface area contributed by atoms with Gasteiger partial charge in [-0.25, -0.2) is 0 Å². The third kappa shape index (κ3) is 5.09. The van der Waals surface area contributed by atoms with E-state index in [0.717, 1.165) is 44.0 Å². The van der Waals surface area contributed by atoms with Gasteiger partial charge in [0.05, 0.1) is 13.0 Å². The lowest BCUT2D eigenvalue weighted by Gasteiger charge is -2.35. The van der Waals surface area contributed by atoms with Crippen molar-refractivity contribution in [1.82, 2.24) is 9.80 Å². The molecule has 4 heteroatoms. The van der Waals surface area contributed by atoms with Gasteiger partial charge in [-0.3, -0.25) is 9.69 Å². The standard InChI is InChI=1S/C22H28N2O2/c1-3-26-21-10-8-19(9-11-21)16-22(25)24-14-12-23(13-15-24)17-20-6-4-18(2)5-7-20/h4-11H,3,12-17H2,1-2H3. The minimum Gasteiger partial charge on any atom is -0.494 e. The lowest BCUT2D eigenvalue weighted by Crippen LogP contribution is -2.48. The average molecular weight is 352 g/mol. The van der Waals surface area contributed by atoms with Crippen molar-refractivity contribution < 1.29 is 9.53 Å². The SMILES string of the molecule is CCOc1ccc(CC(=O)N2CCN(Cc3ccc(C)cc3)CC2)cc1. The topological polar surface area (TPSA) is 32.8 Å². The molecule has 2 aromatic carbocycles. The number of carbonyl (C=O) groups excluding carboxylic acids is 1. The van der Waals surface area contributed by atoms with Crippen molar-refractivity contribution in [2.75, 3.05) is 32.8 Å². The van der Waals surface area contributed by atoms with Crippen LogP contribution in [0.1, 0.15) is 23.6 Å². The Morgan fingerprint density at radius 2 is 1.54 bits per heavy atom. The summed E-state index contributed by atoms with van der Waals surface area (Å²) in [5.74, 6) is 1.07. The molecule has 1 aliphatic heterocycles. The maximum atomic E-state index is 12.6. The fourth-order valence-corrected chi connectivity index (χ4v) is 3.26. The molecular weight excluding hydrogens is 324 g/mol. The third-order valence-electron chi connectivity index (χ3n) is 4.84. The highest BCUT2D eigenvalue weighted by molar-refractivity contribution is 5.79. The number of amides is 1. The van der Waals surface area contributed by atoms with Crippen LogP contribution in [0, 0.1) is 6.92 Å². The smallest absolute Gasteiger partial charge is 0.227 e. The predicted molar refractivity (Wildman–Crippen MR) is 104 cm³/mol. The van der Waals surface area contributed by atoms with Gasteiger partial charge >= 0.3 is 0 Å². The van der Waals surface area contributed by atoms with E-state index in [1.165, 1.54) is 11.1 Å². The van der Waals surface area contributed by atoms with E-state index < -0.39 is 0 Å². The monoisotopic (exact) mass is 352 g/mol. The molecule has 0 saturated carbocycles. The molecule has 0 radical (unpaired) electrons. The highest BCUT2D eigenvalue weighted by Crippen LogP contribution is 2.14. The van der Waals surface area contributed by atoms with Crippen molar-refractivity contribution in [1.29, 1.82) is 0 Å². The summed E-state index contributed by atoms with van der Waals surface area (Å²) in [6, 6.07) is 16.5. The maximum Gasteiger partial charge on any atom is 0.227 e. The lowest BCUT2D eigenvalue weighted by molar-refractivity contribution is -0.132. The van der Waals surface area contributed by atoms with E-state index in [1.54, 1.807) is 0 Å². The number of carbonyl (C=O) groups is 1. The number of rotatable bonds is 6. The van der Waals surface area contributed by atoms with E-state index in [1.807, 2.05) is 36.1 Å². The summed E-state index contributed by atoms with van der Waals surface area (Å²) in [5.41, 5.74) is 3.67. The van der Waals surface area contributed by atoms with Crippen LogP contribution in [-0.2, 0) is 17.8 Å². The quantitative estimate of drug-likeness (QED) is 0.800. The van der Waals surface area contributed by atoms with E-state index in [-0.39, 0.29) is 5.91 Å². The zero-order chi connectivity index (χ0) is 18.4. The molecular formula is C22H28N2O2. The summed E-state index contributed by atoms with van der Waals surface area (Å²) < 4.78 is 5.45. The second kappa shape index (κ2) is 8.86. The van der Waals surface area contributed by atoms with Gasteiger partial charge in [0.2, 0.25) is 5.91 Å². The summed E-state index contributed by atoms with van der Waals surface area (Å²) in [7, 11) is 0. The number of hydrogen-bond donors (Lipinski definition) is 0. The molecule has 26 heavy (non-hydrogen) atoms. The Bertz CT molecular complexity index is 702. The van der Waals surface area contributed by atoms with Gasteiger partial charge < -0.3 is 9.64 Å². The minimum atomic E-state index is 0.212. The molecule has 0 aromatic heterocycles. The molecule has 1 amide bonds. The Morgan fingerprint density at radius 1 is 0.923 bits per heavy atom. The number of piperazine rings is 1. The second-order valence-corrected chi connectivity index (χ2v) is 6.90. The van der Waals surface area contributed by atoms with Crippen LogP contribution < -0.4 is 4.74 Å². The molecule has 1 saturated heterocycles. The first-order valence-corrected chi connectivity index (χ1v) is 9.41. The van der Waals surface area contributed by atoms with E-state index in [4.69, 9.17) is 4.74 Å². The van der Waals surface area contributed by atoms with Gasteiger partial charge in [0.15, 0.2) is 0 Å². The van der Waals surface area contributed by atoms with Crippen molar-refractivity contribution in [2.45, 2.75) is 26.8 Å². The van der Waals surface area contributed by atoms with Gasteiger partial charge in [0, 0.05) is 32.7 Å². The number of benzene rings is 2. The van der Waals surface area contributed by atoms with Gasteiger partial charge in [0.25, 0.3) is 0 Å². The van der Waals surface area contributed by atoms with E-state index in [0.29, 0.717) is 13.0 Å². The molecule has 138 valence electrons. The minimum absolute atomic E-state index is 0.212. The molecule has 0 aliphatic carbocycles. The van der Waals surface area contributed by atoms with Crippen LogP contribution in [0.25, 0.3) is 0 Å². The van der Waals surface area contributed by atoms with Crippen LogP contribution in [0.4, 0.5) is 0 Å². The Labute approximate surface area is 156 Å². The van der Waals surface area contributed by atoms with Crippen molar-refractivity contribution in [3.63, 3.8) is 0 Å². The molecule has 4 nitrogen and oxygen atoms in total. The number of hydrogen-bond acceptors (Lipinski definition) is 3. The van der Waals surface area contributed by atoms with Crippen molar-refractivity contribution >= 4 is 5.91 Å². The van der Waals surface area contributed by atoms with Crippen LogP contribution >= 0.6 is 0 Å². The largest absolute Gasteiger partial charge is 0.494 e. The first kappa shape index (κ1) is 18.5. The number of ether oxygens (including phenoxy) is 1. The van der Waals surface area contributed by atoms with Gasteiger partial charge in [0.1, 0.15) is 5.75 Å². The summed E-state index contributed by atoms with van der Waals surface area (Å²) in [6.07, 6.45) is 0.463. The van der Waals surface area contributed by atoms with Crippen molar-refractivity contribution in [3.8, 4) is 5.75 Å². The zero-order valence-corrected chi connectivity index (χ0v) is 15.8. The van der Waals surface area contributed by atoms with Gasteiger partial charge in [-0.15, -0.1) is 0 Å². The van der Waals surface area contributed by atoms with Crippen LogP contribution in [0.15, 0.2) is 48.5 Å². The highest BCUT2D eigenvalue weighted by atomic mass is 16.5. The number of nitrogens with zero attached hydrogens (tertiary/aromatic N) is 2. The van der Waals surface area contributed by atoms with E-state index >= 15 is 0 Å². The lowest BCUT2D eigenvalue weighted by atomic mass is 10.1.